The molecule has 0 unspecified atom stereocenters. The van der Waals surface area contributed by atoms with Crippen LogP contribution in [-0.2, 0) is 0 Å². The Balaban J connectivity index is 2.44. The van der Waals surface area contributed by atoms with Crippen molar-refractivity contribution in [2.24, 2.45) is 0 Å². The molecule has 7 heteroatoms. The van der Waals surface area contributed by atoms with Gasteiger partial charge < -0.3 is 15.2 Å². The fraction of sp³-hybridized carbons (Fsp3) is 0.286. The molecule has 21 heavy (non-hydrogen) atoms. The first-order valence-corrected chi connectivity index (χ1v) is 8.27. The van der Waals surface area contributed by atoms with Gasteiger partial charge in [-0.25, -0.2) is 9.97 Å². The number of hydrogen-bond acceptors (Lipinski definition) is 5. The van der Waals surface area contributed by atoms with Gasteiger partial charge in [-0.3, -0.25) is 0 Å². The second-order valence-corrected chi connectivity index (χ2v) is 6.34. The summed E-state index contributed by atoms with van der Waals surface area (Å²) in [5, 5.41) is 13.1. The van der Waals surface area contributed by atoms with E-state index in [1.54, 1.807) is 18.3 Å². The van der Waals surface area contributed by atoms with Gasteiger partial charge in [0.15, 0.2) is 17.3 Å². The van der Waals surface area contributed by atoms with E-state index in [0.717, 1.165) is 27.9 Å². The van der Waals surface area contributed by atoms with Crippen molar-refractivity contribution in [1.82, 2.24) is 9.97 Å². The van der Waals surface area contributed by atoms with Crippen LogP contribution in [0.4, 0.5) is 5.82 Å². The van der Waals surface area contributed by atoms with E-state index in [9.17, 15) is 5.11 Å². The Morgan fingerprint density at radius 2 is 2.19 bits per heavy atom. The maximum atomic E-state index is 9.86. The lowest BCUT2D eigenvalue weighted by molar-refractivity contribution is 0.372. The van der Waals surface area contributed by atoms with Crippen LogP contribution < -0.4 is 10.1 Å². The van der Waals surface area contributed by atoms with E-state index in [-0.39, 0.29) is 5.75 Å². The summed E-state index contributed by atoms with van der Waals surface area (Å²) >= 11 is 5.51. The standard InChI is InChI=1S/C14H15BrIN3O2/c1-3-4-17-14-10(16)7-18-13(19-14)8-5-9(15)12(20)11(6-8)21-2/h5-7,20H,3-4H2,1-2H3,(H,17,18,19). The Morgan fingerprint density at radius 3 is 2.86 bits per heavy atom. The lowest BCUT2D eigenvalue weighted by Crippen LogP contribution is -2.05. The summed E-state index contributed by atoms with van der Waals surface area (Å²) in [5.41, 5.74) is 0.771. The van der Waals surface area contributed by atoms with E-state index in [4.69, 9.17) is 4.74 Å². The molecule has 1 aromatic heterocycles. The topological polar surface area (TPSA) is 67.3 Å². The number of ether oxygens (including phenoxy) is 1. The molecule has 0 bridgehead atoms. The number of rotatable bonds is 5. The Bertz CT molecular complexity index is 652. The molecular formula is C14H15BrIN3O2. The fourth-order valence-corrected chi connectivity index (χ4v) is 2.62. The summed E-state index contributed by atoms with van der Waals surface area (Å²) in [6.07, 6.45) is 2.79. The highest BCUT2D eigenvalue weighted by Gasteiger charge is 2.13. The van der Waals surface area contributed by atoms with Crippen LogP contribution in [0.15, 0.2) is 22.8 Å². The van der Waals surface area contributed by atoms with Gasteiger partial charge in [0.25, 0.3) is 0 Å². The Hall–Kier alpha value is -1.09. The van der Waals surface area contributed by atoms with Crippen LogP contribution in [0.1, 0.15) is 13.3 Å². The lowest BCUT2D eigenvalue weighted by atomic mass is 10.2. The molecule has 0 aliphatic carbocycles. The highest BCUT2D eigenvalue weighted by Crippen LogP contribution is 2.38. The Morgan fingerprint density at radius 1 is 1.43 bits per heavy atom. The van der Waals surface area contributed by atoms with Gasteiger partial charge in [0.1, 0.15) is 5.82 Å². The molecule has 0 spiro atoms. The van der Waals surface area contributed by atoms with Crippen molar-refractivity contribution in [1.29, 1.82) is 0 Å². The van der Waals surface area contributed by atoms with Gasteiger partial charge in [0.05, 0.1) is 15.2 Å². The van der Waals surface area contributed by atoms with Crippen molar-refractivity contribution in [3.05, 3.63) is 26.4 Å². The van der Waals surface area contributed by atoms with Gasteiger partial charge in [0, 0.05) is 18.3 Å². The molecule has 0 amide bonds. The predicted octanol–water partition coefficient (Wildman–Crippen LogP) is 4.05. The largest absolute Gasteiger partial charge is 0.503 e. The summed E-state index contributed by atoms with van der Waals surface area (Å²) in [6, 6.07) is 3.48. The van der Waals surface area contributed by atoms with Gasteiger partial charge >= 0.3 is 0 Å². The molecule has 2 N–H and O–H groups in total. The number of nitrogens with one attached hydrogen (secondary N) is 1. The van der Waals surface area contributed by atoms with Gasteiger partial charge in [-0.05, 0) is 57.1 Å². The van der Waals surface area contributed by atoms with E-state index in [2.05, 4.69) is 60.7 Å². The first-order valence-electron chi connectivity index (χ1n) is 6.40. The zero-order valence-electron chi connectivity index (χ0n) is 11.7. The van der Waals surface area contributed by atoms with Crippen molar-refractivity contribution < 1.29 is 9.84 Å². The molecular weight excluding hydrogens is 449 g/mol. The summed E-state index contributed by atoms with van der Waals surface area (Å²) in [6.45, 7) is 2.96. The van der Waals surface area contributed by atoms with Crippen LogP contribution >= 0.6 is 38.5 Å². The van der Waals surface area contributed by atoms with Crippen LogP contribution in [0.2, 0.25) is 0 Å². The number of aromatic nitrogens is 2. The first kappa shape index (κ1) is 16.3. The van der Waals surface area contributed by atoms with Gasteiger partial charge in [-0.1, -0.05) is 6.92 Å². The molecule has 0 saturated heterocycles. The number of phenolic OH excluding ortho intramolecular Hbond substituents is 1. The van der Waals surface area contributed by atoms with E-state index in [1.165, 1.54) is 7.11 Å². The van der Waals surface area contributed by atoms with Crippen LogP contribution in [0.25, 0.3) is 11.4 Å². The first-order chi connectivity index (χ1) is 10.1. The summed E-state index contributed by atoms with van der Waals surface area (Å²) in [7, 11) is 1.51. The average Bonchev–Trinajstić information content (AvgIpc) is 2.49. The predicted molar refractivity (Wildman–Crippen MR) is 94.9 cm³/mol. The van der Waals surface area contributed by atoms with Crippen molar-refractivity contribution in [3.8, 4) is 22.9 Å². The number of anilines is 1. The van der Waals surface area contributed by atoms with E-state index >= 15 is 0 Å². The third-order valence-corrected chi connectivity index (χ3v) is 4.19. The summed E-state index contributed by atoms with van der Waals surface area (Å²) in [5.74, 6) is 1.83. The monoisotopic (exact) mass is 463 g/mol. The number of phenols is 1. The Labute approximate surface area is 145 Å². The van der Waals surface area contributed by atoms with Crippen molar-refractivity contribution in [2.75, 3.05) is 19.0 Å². The van der Waals surface area contributed by atoms with E-state index in [1.807, 2.05) is 0 Å². The minimum Gasteiger partial charge on any atom is -0.503 e. The van der Waals surface area contributed by atoms with E-state index in [0.29, 0.717) is 16.0 Å². The molecule has 2 rings (SSSR count). The maximum absolute atomic E-state index is 9.86. The molecule has 0 saturated carbocycles. The zero-order valence-corrected chi connectivity index (χ0v) is 15.4. The Kier molecular flexibility index (Phi) is 5.63. The van der Waals surface area contributed by atoms with E-state index < -0.39 is 0 Å². The molecule has 0 atom stereocenters. The maximum Gasteiger partial charge on any atom is 0.172 e. The number of methoxy groups -OCH3 is 1. The summed E-state index contributed by atoms with van der Waals surface area (Å²) in [4.78, 5) is 8.89. The molecule has 0 radical (unpaired) electrons. The minimum atomic E-state index is 0.0658. The molecule has 2 aromatic rings. The molecule has 112 valence electrons. The third kappa shape index (κ3) is 3.76. The average molecular weight is 464 g/mol. The number of halogens is 2. The molecule has 0 fully saturated rings. The third-order valence-electron chi connectivity index (χ3n) is 2.79. The van der Waals surface area contributed by atoms with Gasteiger partial charge in [-0.15, -0.1) is 0 Å². The number of hydrogen-bond donors (Lipinski definition) is 2. The molecule has 0 aliphatic heterocycles. The fourth-order valence-electron chi connectivity index (χ4n) is 1.73. The van der Waals surface area contributed by atoms with Crippen molar-refractivity contribution in [2.45, 2.75) is 13.3 Å². The SMILES string of the molecule is CCCNc1nc(-c2cc(Br)c(O)c(OC)c2)ncc1I. The van der Waals surface area contributed by atoms with Gasteiger partial charge in [-0.2, -0.15) is 0 Å². The van der Waals surface area contributed by atoms with Crippen LogP contribution in [0, 0.1) is 3.57 Å². The van der Waals surface area contributed by atoms with Gasteiger partial charge in [0.2, 0.25) is 0 Å². The number of aromatic hydroxyl groups is 1. The number of benzene rings is 1. The zero-order chi connectivity index (χ0) is 15.4. The van der Waals surface area contributed by atoms with Crippen LogP contribution in [-0.4, -0.2) is 28.7 Å². The molecule has 0 aliphatic rings. The summed E-state index contributed by atoms with van der Waals surface area (Å²) < 4.78 is 6.66. The van der Waals surface area contributed by atoms with Crippen molar-refractivity contribution in [3.63, 3.8) is 0 Å². The second kappa shape index (κ2) is 7.26. The van der Waals surface area contributed by atoms with Crippen molar-refractivity contribution >= 4 is 44.3 Å². The highest BCUT2D eigenvalue weighted by molar-refractivity contribution is 14.1. The lowest BCUT2D eigenvalue weighted by Gasteiger charge is -2.10. The van der Waals surface area contributed by atoms with Crippen LogP contribution in [0.3, 0.4) is 0 Å². The minimum absolute atomic E-state index is 0.0658. The quantitative estimate of drug-likeness (QED) is 0.655. The molecule has 1 heterocycles. The normalized spacial score (nSPS) is 10.5. The van der Waals surface area contributed by atoms with Crippen LogP contribution in [0.5, 0.6) is 11.5 Å². The molecule has 5 nitrogen and oxygen atoms in total. The molecule has 1 aromatic carbocycles. The number of nitrogens with zero attached hydrogens (tertiary/aromatic N) is 2. The highest BCUT2D eigenvalue weighted by atomic mass is 127. The smallest absolute Gasteiger partial charge is 0.172 e. The second-order valence-electron chi connectivity index (χ2n) is 4.33.